The quantitative estimate of drug-likeness (QED) is 0.280. The number of aliphatic hydroxyl groups is 1. The average molecular weight is 519 g/mol. The Morgan fingerprint density at radius 1 is 1.00 bits per heavy atom. The molecule has 0 bridgehead atoms. The molecular weight excluding hydrogens is 484 g/mol. The fraction of sp³-hybridized carbons (Fsp3) is 0.345. The van der Waals surface area contributed by atoms with E-state index in [1.54, 1.807) is 23.6 Å². The Kier molecular flexibility index (Phi) is 8.48. The van der Waals surface area contributed by atoms with Crippen LogP contribution in [0.15, 0.2) is 70.3 Å². The molecule has 2 atom stereocenters. The molecule has 2 aromatic carbocycles. The number of carbonyl (C=O) groups excluding carboxylic acids is 1. The van der Waals surface area contributed by atoms with Gasteiger partial charge in [-0.2, -0.15) is 0 Å². The Hall–Kier alpha value is -4.11. The largest absolute Gasteiger partial charge is 0.484 e. The molecule has 38 heavy (non-hydrogen) atoms. The summed E-state index contributed by atoms with van der Waals surface area (Å²) >= 11 is 0. The minimum Gasteiger partial charge on any atom is -0.484 e. The summed E-state index contributed by atoms with van der Waals surface area (Å²) in [5.74, 6) is 0.161. The maximum Gasteiger partial charge on any atom is 0.331 e. The molecule has 0 spiro atoms. The second-order valence-corrected chi connectivity index (χ2v) is 9.36. The van der Waals surface area contributed by atoms with Crippen molar-refractivity contribution in [3.63, 3.8) is 0 Å². The molecule has 200 valence electrons. The number of nitrogens with zero attached hydrogens (tertiary/aromatic N) is 2. The number of rotatable bonds is 11. The SMILES string of the molecule is CCCn1c(=O)c2[nH]c(-c3ccc(OCC(=O)NC(C)C(O)c4ccccc4)cc3)cc2n(CCC)c1=O. The predicted molar refractivity (Wildman–Crippen MR) is 147 cm³/mol. The van der Waals surface area contributed by atoms with Crippen molar-refractivity contribution in [3.8, 4) is 17.0 Å². The Balaban J connectivity index is 1.45. The Morgan fingerprint density at radius 3 is 2.32 bits per heavy atom. The van der Waals surface area contributed by atoms with Gasteiger partial charge in [0.05, 0.1) is 17.7 Å². The van der Waals surface area contributed by atoms with Crippen molar-refractivity contribution in [1.82, 2.24) is 19.4 Å². The predicted octanol–water partition coefficient (Wildman–Crippen LogP) is 3.60. The molecule has 0 saturated carbocycles. The number of aromatic nitrogens is 3. The van der Waals surface area contributed by atoms with Crippen LogP contribution < -0.4 is 21.3 Å². The van der Waals surface area contributed by atoms with Gasteiger partial charge in [0.1, 0.15) is 11.3 Å². The third-order valence-corrected chi connectivity index (χ3v) is 6.44. The van der Waals surface area contributed by atoms with Gasteiger partial charge in [0.25, 0.3) is 11.5 Å². The van der Waals surface area contributed by atoms with Gasteiger partial charge in [0, 0.05) is 18.8 Å². The highest BCUT2D eigenvalue weighted by Gasteiger charge is 2.19. The van der Waals surface area contributed by atoms with Crippen LogP contribution in [-0.2, 0) is 17.9 Å². The summed E-state index contributed by atoms with van der Waals surface area (Å²) in [6.07, 6.45) is 0.631. The van der Waals surface area contributed by atoms with Crippen LogP contribution >= 0.6 is 0 Å². The third kappa shape index (κ3) is 5.73. The Bertz CT molecular complexity index is 1500. The van der Waals surface area contributed by atoms with E-state index in [0.717, 1.165) is 17.5 Å². The molecule has 0 radical (unpaired) electrons. The molecule has 0 aliphatic rings. The van der Waals surface area contributed by atoms with Gasteiger partial charge >= 0.3 is 5.69 Å². The first-order valence-electron chi connectivity index (χ1n) is 13.0. The zero-order valence-electron chi connectivity index (χ0n) is 21.9. The third-order valence-electron chi connectivity index (χ3n) is 6.44. The first-order valence-corrected chi connectivity index (χ1v) is 13.0. The second-order valence-electron chi connectivity index (χ2n) is 9.36. The number of aryl methyl sites for hydroxylation is 1. The van der Waals surface area contributed by atoms with Crippen molar-refractivity contribution in [1.29, 1.82) is 0 Å². The maximum absolute atomic E-state index is 13.0. The monoisotopic (exact) mass is 518 g/mol. The van der Waals surface area contributed by atoms with Crippen LogP contribution in [0.2, 0.25) is 0 Å². The molecule has 2 heterocycles. The molecule has 9 heteroatoms. The lowest BCUT2D eigenvalue weighted by Gasteiger charge is -2.20. The van der Waals surface area contributed by atoms with Gasteiger partial charge in [-0.25, -0.2) is 4.79 Å². The number of H-pyrrole nitrogens is 1. The minimum absolute atomic E-state index is 0.197. The highest BCUT2D eigenvalue weighted by molar-refractivity contribution is 5.82. The van der Waals surface area contributed by atoms with Crippen LogP contribution in [-0.4, -0.2) is 37.8 Å². The lowest BCUT2D eigenvalue weighted by molar-refractivity contribution is -0.124. The van der Waals surface area contributed by atoms with Crippen LogP contribution in [0, 0.1) is 0 Å². The van der Waals surface area contributed by atoms with Crippen LogP contribution in [0.1, 0.15) is 45.3 Å². The van der Waals surface area contributed by atoms with Gasteiger partial charge in [-0.05, 0) is 61.2 Å². The fourth-order valence-electron chi connectivity index (χ4n) is 4.50. The number of amides is 1. The van der Waals surface area contributed by atoms with Gasteiger partial charge in [0.15, 0.2) is 6.61 Å². The molecule has 0 saturated heterocycles. The lowest BCUT2D eigenvalue weighted by Crippen LogP contribution is -2.39. The highest BCUT2D eigenvalue weighted by atomic mass is 16.5. The average Bonchev–Trinajstić information content (AvgIpc) is 3.38. The topological polar surface area (TPSA) is 118 Å². The Labute approximate surface area is 220 Å². The number of nitrogens with one attached hydrogen (secondary N) is 2. The summed E-state index contributed by atoms with van der Waals surface area (Å²) in [6.45, 7) is 6.36. The van der Waals surface area contributed by atoms with Gasteiger partial charge in [-0.3, -0.25) is 18.7 Å². The van der Waals surface area contributed by atoms with Crippen LogP contribution in [0.4, 0.5) is 0 Å². The number of carbonyl (C=O) groups is 1. The number of fused-ring (bicyclic) bond motifs is 1. The standard InChI is InChI=1S/C29H34N4O5/c1-4-15-32-24-17-23(31-26(24)28(36)33(16-5-2)29(32)37)20-11-13-22(14-12-20)38-18-25(34)30-19(3)27(35)21-9-7-6-8-10-21/h6-14,17,19,27,31,35H,4-5,15-16,18H2,1-3H3,(H,30,34). The normalized spacial score (nSPS) is 12.8. The molecule has 4 aromatic rings. The van der Waals surface area contributed by atoms with Crippen molar-refractivity contribution in [2.45, 2.75) is 58.8 Å². The molecule has 3 N–H and O–H groups in total. The van der Waals surface area contributed by atoms with E-state index in [0.29, 0.717) is 42.0 Å². The van der Waals surface area contributed by atoms with E-state index in [-0.39, 0.29) is 23.8 Å². The molecule has 4 rings (SSSR count). The summed E-state index contributed by atoms with van der Waals surface area (Å²) in [7, 11) is 0. The van der Waals surface area contributed by atoms with E-state index in [9.17, 15) is 19.5 Å². The van der Waals surface area contributed by atoms with Crippen molar-refractivity contribution in [2.75, 3.05) is 6.61 Å². The molecule has 1 amide bonds. The summed E-state index contributed by atoms with van der Waals surface area (Å²) in [6, 6.07) is 17.6. The molecule has 9 nitrogen and oxygen atoms in total. The molecule has 0 aliphatic heterocycles. The first-order chi connectivity index (χ1) is 18.3. The van der Waals surface area contributed by atoms with Gasteiger partial charge in [0.2, 0.25) is 0 Å². The summed E-state index contributed by atoms with van der Waals surface area (Å²) in [4.78, 5) is 41.5. The van der Waals surface area contributed by atoms with Crippen molar-refractivity contribution < 1.29 is 14.6 Å². The van der Waals surface area contributed by atoms with Gasteiger partial charge in [-0.15, -0.1) is 0 Å². The van der Waals surface area contributed by atoms with Gasteiger partial charge in [-0.1, -0.05) is 44.2 Å². The fourth-order valence-corrected chi connectivity index (χ4v) is 4.50. The van der Waals surface area contributed by atoms with Crippen molar-refractivity contribution >= 4 is 16.9 Å². The molecular formula is C29H34N4O5. The van der Waals surface area contributed by atoms with Crippen LogP contribution in [0.3, 0.4) is 0 Å². The number of hydrogen-bond donors (Lipinski definition) is 3. The summed E-state index contributed by atoms with van der Waals surface area (Å²) in [5.41, 5.74) is 2.65. The summed E-state index contributed by atoms with van der Waals surface area (Å²) < 4.78 is 8.57. The van der Waals surface area contributed by atoms with E-state index >= 15 is 0 Å². The van der Waals surface area contributed by atoms with Crippen molar-refractivity contribution in [2.24, 2.45) is 0 Å². The number of aromatic amines is 1. The minimum atomic E-state index is -0.824. The second kappa shape index (κ2) is 12.0. The van der Waals surface area contributed by atoms with Crippen molar-refractivity contribution in [3.05, 3.63) is 87.1 Å². The molecule has 2 unspecified atom stereocenters. The van der Waals surface area contributed by atoms with E-state index in [1.807, 2.05) is 62.4 Å². The number of aliphatic hydroxyl groups excluding tert-OH is 1. The van der Waals surface area contributed by atoms with E-state index in [2.05, 4.69) is 10.3 Å². The first kappa shape index (κ1) is 26.9. The Morgan fingerprint density at radius 2 is 1.66 bits per heavy atom. The van der Waals surface area contributed by atoms with Crippen LogP contribution in [0.5, 0.6) is 5.75 Å². The van der Waals surface area contributed by atoms with E-state index in [4.69, 9.17) is 4.74 Å². The lowest BCUT2D eigenvalue weighted by atomic mass is 10.0. The van der Waals surface area contributed by atoms with E-state index in [1.165, 1.54) is 4.57 Å². The molecule has 2 aromatic heterocycles. The van der Waals surface area contributed by atoms with E-state index < -0.39 is 12.1 Å². The number of benzene rings is 2. The smallest absolute Gasteiger partial charge is 0.331 e. The number of ether oxygens (including phenoxy) is 1. The zero-order valence-corrected chi connectivity index (χ0v) is 21.9. The molecule has 0 aliphatic carbocycles. The zero-order chi connectivity index (χ0) is 27.2. The van der Waals surface area contributed by atoms with Gasteiger partial charge < -0.3 is 20.1 Å². The summed E-state index contributed by atoms with van der Waals surface area (Å²) in [5, 5.41) is 13.2. The van der Waals surface area contributed by atoms with Crippen LogP contribution in [0.25, 0.3) is 22.3 Å². The molecule has 0 fully saturated rings. The maximum atomic E-state index is 13.0. The highest BCUT2D eigenvalue weighted by Crippen LogP contribution is 2.24. The number of hydrogen-bond acceptors (Lipinski definition) is 5.